The molecule has 2 aliphatic rings. The number of hydrogen-bond donors (Lipinski definition) is 1. The van der Waals surface area contributed by atoms with Crippen molar-refractivity contribution in [2.75, 3.05) is 11.5 Å². The van der Waals surface area contributed by atoms with Crippen LogP contribution in [0.4, 0.5) is 0 Å². The van der Waals surface area contributed by atoms with Gasteiger partial charge in [0.15, 0.2) is 14.9 Å². The van der Waals surface area contributed by atoms with Crippen LogP contribution < -0.4 is 5.32 Å². The van der Waals surface area contributed by atoms with Gasteiger partial charge in [-0.1, -0.05) is 0 Å². The lowest BCUT2D eigenvalue weighted by Gasteiger charge is -2.21. The lowest BCUT2D eigenvalue weighted by Crippen LogP contribution is -2.41. The van der Waals surface area contributed by atoms with Crippen LogP contribution in [0.1, 0.15) is 13.3 Å². The van der Waals surface area contributed by atoms with Gasteiger partial charge in [-0.3, -0.25) is 9.69 Å². The van der Waals surface area contributed by atoms with Gasteiger partial charge in [0.25, 0.3) is 5.91 Å². The maximum atomic E-state index is 11.7. The van der Waals surface area contributed by atoms with Crippen LogP contribution in [-0.2, 0) is 14.6 Å². The van der Waals surface area contributed by atoms with E-state index in [0.717, 1.165) is 0 Å². The molecule has 0 saturated carbocycles. The van der Waals surface area contributed by atoms with Gasteiger partial charge in [-0.05, 0) is 25.6 Å². The molecule has 7 heteroatoms. The van der Waals surface area contributed by atoms with E-state index in [1.54, 1.807) is 6.92 Å². The fourth-order valence-electron chi connectivity index (χ4n) is 1.95. The Morgan fingerprint density at radius 3 is 2.60 bits per heavy atom. The average molecular weight is 248 g/mol. The predicted octanol–water partition coefficient (Wildman–Crippen LogP) is -0.721. The highest BCUT2D eigenvalue weighted by molar-refractivity contribution is 7.91. The third-order valence-corrected chi connectivity index (χ3v) is 4.81. The van der Waals surface area contributed by atoms with Crippen molar-refractivity contribution in [3.8, 4) is 0 Å². The number of hydrogen-bond acceptors (Lipinski definition) is 4. The van der Waals surface area contributed by atoms with Crippen molar-refractivity contribution in [1.82, 2.24) is 10.2 Å². The van der Waals surface area contributed by atoms with Crippen LogP contribution in [0.3, 0.4) is 0 Å². The molecule has 0 spiro atoms. The summed E-state index contributed by atoms with van der Waals surface area (Å²) in [5.74, 6) is 0.0632. The quantitative estimate of drug-likeness (QED) is 0.620. The van der Waals surface area contributed by atoms with E-state index in [9.17, 15) is 13.2 Å². The van der Waals surface area contributed by atoms with Crippen LogP contribution in [0.5, 0.6) is 0 Å². The highest BCUT2D eigenvalue weighted by Gasteiger charge is 2.41. The number of thiocarbonyl (C=S) groups is 1. The molecule has 2 saturated heterocycles. The zero-order valence-electron chi connectivity index (χ0n) is 8.26. The highest BCUT2D eigenvalue weighted by atomic mass is 32.2. The first-order valence-electron chi connectivity index (χ1n) is 4.75. The smallest absolute Gasteiger partial charge is 0.251 e. The van der Waals surface area contributed by atoms with Gasteiger partial charge in [0.05, 0.1) is 17.5 Å². The Morgan fingerprint density at radius 2 is 2.20 bits per heavy atom. The van der Waals surface area contributed by atoms with Gasteiger partial charge in [-0.15, -0.1) is 0 Å². The van der Waals surface area contributed by atoms with E-state index in [2.05, 4.69) is 5.32 Å². The van der Waals surface area contributed by atoms with Gasteiger partial charge >= 0.3 is 0 Å². The zero-order chi connectivity index (χ0) is 11.2. The van der Waals surface area contributed by atoms with Crippen molar-refractivity contribution in [3.63, 3.8) is 0 Å². The summed E-state index contributed by atoms with van der Waals surface area (Å²) in [5.41, 5.74) is 0. The summed E-state index contributed by atoms with van der Waals surface area (Å²) in [4.78, 5) is 13.1. The van der Waals surface area contributed by atoms with E-state index >= 15 is 0 Å². The molecule has 2 aliphatic heterocycles. The number of rotatable bonds is 1. The average Bonchev–Trinajstić information content (AvgIpc) is 2.56. The summed E-state index contributed by atoms with van der Waals surface area (Å²) in [5, 5.41) is 3.19. The van der Waals surface area contributed by atoms with E-state index in [4.69, 9.17) is 12.2 Å². The second-order valence-corrected chi connectivity index (χ2v) is 6.55. The maximum Gasteiger partial charge on any atom is 0.251 e. The van der Waals surface area contributed by atoms with Gasteiger partial charge in [-0.2, -0.15) is 0 Å². The third kappa shape index (κ3) is 1.85. The number of amides is 1. The Hall–Kier alpha value is -0.690. The van der Waals surface area contributed by atoms with E-state index in [1.807, 2.05) is 0 Å². The summed E-state index contributed by atoms with van der Waals surface area (Å²) in [6, 6.07) is -0.603. The maximum absolute atomic E-state index is 11.7. The van der Waals surface area contributed by atoms with Gasteiger partial charge in [0, 0.05) is 0 Å². The Balaban J connectivity index is 2.19. The molecule has 2 atom stereocenters. The first-order valence-corrected chi connectivity index (χ1v) is 6.98. The Labute approximate surface area is 93.7 Å². The molecule has 2 heterocycles. The molecular weight excluding hydrogens is 236 g/mol. The Kier molecular flexibility index (Phi) is 2.46. The normalized spacial score (nSPS) is 34.6. The SMILES string of the molecule is CC1NC(=S)N(C2CCS(=O)(=O)C2)C1=O. The van der Waals surface area contributed by atoms with Crippen molar-refractivity contribution in [2.45, 2.75) is 25.4 Å². The van der Waals surface area contributed by atoms with Crippen molar-refractivity contribution >= 4 is 33.1 Å². The Bertz CT molecular complexity index is 418. The molecule has 1 N–H and O–H groups in total. The summed E-state index contributed by atoms with van der Waals surface area (Å²) < 4.78 is 22.6. The van der Waals surface area contributed by atoms with Crippen LogP contribution in [0.2, 0.25) is 0 Å². The van der Waals surface area contributed by atoms with Crippen LogP contribution in [0.25, 0.3) is 0 Å². The number of nitrogens with zero attached hydrogens (tertiary/aromatic N) is 1. The minimum absolute atomic E-state index is 0.0350. The molecule has 0 aromatic heterocycles. The van der Waals surface area contributed by atoms with Crippen molar-refractivity contribution < 1.29 is 13.2 Å². The summed E-state index contributed by atoms with van der Waals surface area (Å²) >= 11 is 5.01. The molecule has 2 rings (SSSR count). The van der Waals surface area contributed by atoms with E-state index < -0.39 is 9.84 Å². The highest BCUT2D eigenvalue weighted by Crippen LogP contribution is 2.21. The molecule has 0 aromatic rings. The van der Waals surface area contributed by atoms with Crippen molar-refractivity contribution in [3.05, 3.63) is 0 Å². The van der Waals surface area contributed by atoms with Crippen molar-refractivity contribution in [2.24, 2.45) is 0 Å². The molecule has 2 unspecified atom stereocenters. The van der Waals surface area contributed by atoms with E-state index in [-0.39, 0.29) is 29.5 Å². The first-order chi connectivity index (χ1) is 6.91. The summed E-state index contributed by atoms with van der Waals surface area (Å²) in [6.45, 7) is 1.72. The Morgan fingerprint density at radius 1 is 1.53 bits per heavy atom. The van der Waals surface area contributed by atoms with Gasteiger partial charge < -0.3 is 5.32 Å². The molecule has 0 bridgehead atoms. The number of nitrogens with one attached hydrogen (secondary N) is 1. The van der Waals surface area contributed by atoms with Crippen LogP contribution in [0, 0.1) is 0 Å². The van der Waals surface area contributed by atoms with E-state index in [0.29, 0.717) is 11.5 Å². The molecular formula is C8H12N2O3S2. The lowest BCUT2D eigenvalue weighted by molar-refractivity contribution is -0.127. The van der Waals surface area contributed by atoms with E-state index in [1.165, 1.54) is 4.90 Å². The standard InChI is InChI=1S/C8H12N2O3S2/c1-5-7(11)10(8(14)9-5)6-2-3-15(12,13)4-6/h5-6H,2-4H2,1H3,(H,9,14). The molecule has 5 nitrogen and oxygen atoms in total. The fraction of sp³-hybridized carbons (Fsp3) is 0.750. The fourth-order valence-corrected chi connectivity index (χ4v) is 4.07. The van der Waals surface area contributed by atoms with Gasteiger partial charge in [0.1, 0.15) is 6.04 Å². The zero-order valence-corrected chi connectivity index (χ0v) is 9.90. The second-order valence-electron chi connectivity index (χ2n) is 3.94. The topological polar surface area (TPSA) is 66.5 Å². The summed E-state index contributed by atoms with van der Waals surface area (Å²) in [6.07, 6.45) is 0.489. The third-order valence-electron chi connectivity index (χ3n) is 2.74. The first kappa shape index (κ1) is 10.8. The molecule has 0 aromatic carbocycles. The number of carbonyl (C=O) groups excluding carboxylic acids is 1. The predicted molar refractivity (Wildman–Crippen MR) is 59.1 cm³/mol. The minimum Gasteiger partial charge on any atom is -0.351 e. The van der Waals surface area contributed by atoms with Crippen LogP contribution in [0.15, 0.2) is 0 Å². The van der Waals surface area contributed by atoms with Gasteiger partial charge in [-0.25, -0.2) is 8.42 Å². The van der Waals surface area contributed by atoms with Gasteiger partial charge in [0.2, 0.25) is 0 Å². The molecule has 0 radical (unpaired) electrons. The lowest BCUT2D eigenvalue weighted by atomic mass is 10.2. The molecule has 1 amide bonds. The minimum atomic E-state index is -2.98. The number of sulfone groups is 1. The molecule has 2 fully saturated rings. The molecule has 15 heavy (non-hydrogen) atoms. The monoisotopic (exact) mass is 248 g/mol. The molecule has 84 valence electrons. The largest absolute Gasteiger partial charge is 0.351 e. The summed E-state index contributed by atoms with van der Waals surface area (Å²) in [7, 11) is -2.98. The number of carbonyl (C=O) groups is 1. The molecule has 0 aliphatic carbocycles. The van der Waals surface area contributed by atoms with Crippen LogP contribution in [-0.4, -0.2) is 47.9 Å². The van der Waals surface area contributed by atoms with Crippen LogP contribution >= 0.6 is 12.2 Å². The second kappa shape index (κ2) is 3.41. The van der Waals surface area contributed by atoms with Crippen molar-refractivity contribution in [1.29, 1.82) is 0 Å².